The van der Waals surface area contributed by atoms with Crippen molar-refractivity contribution in [3.05, 3.63) is 48.3 Å². The second-order valence-electron chi connectivity index (χ2n) is 4.75. The topological polar surface area (TPSA) is 39.1 Å². The van der Waals surface area contributed by atoms with Crippen LogP contribution in [0.4, 0.5) is 8.78 Å². The first-order chi connectivity index (χ1) is 10.1. The van der Waals surface area contributed by atoms with Gasteiger partial charge in [-0.1, -0.05) is 12.1 Å². The lowest BCUT2D eigenvalue weighted by Gasteiger charge is -2.15. The number of aromatic nitrogens is 2. The maximum Gasteiger partial charge on any atom is 0.387 e. The maximum absolute atomic E-state index is 12.2. The van der Waals surface area contributed by atoms with Crippen LogP contribution in [0.5, 0.6) is 5.75 Å². The Labute approximate surface area is 122 Å². The lowest BCUT2D eigenvalue weighted by Crippen LogP contribution is -2.21. The molecule has 0 saturated heterocycles. The van der Waals surface area contributed by atoms with Crippen molar-refractivity contribution in [2.45, 2.75) is 32.5 Å². The van der Waals surface area contributed by atoms with Crippen molar-refractivity contribution in [2.24, 2.45) is 0 Å². The maximum atomic E-state index is 12.2. The van der Waals surface area contributed by atoms with Gasteiger partial charge < -0.3 is 10.1 Å². The van der Waals surface area contributed by atoms with Crippen molar-refractivity contribution >= 4 is 0 Å². The van der Waals surface area contributed by atoms with E-state index < -0.39 is 6.61 Å². The third-order valence-electron chi connectivity index (χ3n) is 3.16. The van der Waals surface area contributed by atoms with Gasteiger partial charge in [-0.25, -0.2) is 0 Å². The summed E-state index contributed by atoms with van der Waals surface area (Å²) in [5, 5.41) is 7.49. The number of hydrogen-bond acceptors (Lipinski definition) is 3. The molecule has 1 heterocycles. The Hall–Kier alpha value is -1.95. The Bertz CT molecular complexity index is 531. The molecule has 2 rings (SSSR count). The van der Waals surface area contributed by atoms with Gasteiger partial charge in [-0.05, 0) is 43.7 Å². The quantitative estimate of drug-likeness (QED) is 0.760. The monoisotopic (exact) mass is 295 g/mol. The predicted octanol–water partition coefficient (Wildman–Crippen LogP) is 3.23. The molecular weight excluding hydrogens is 276 g/mol. The minimum atomic E-state index is -2.79. The molecule has 1 atom stereocenters. The van der Waals surface area contributed by atoms with E-state index in [1.807, 2.05) is 29.9 Å². The smallest absolute Gasteiger partial charge is 0.387 e. The van der Waals surface area contributed by atoms with Gasteiger partial charge in [0.1, 0.15) is 5.75 Å². The summed E-state index contributed by atoms with van der Waals surface area (Å²) in [4.78, 5) is 0. The zero-order valence-electron chi connectivity index (χ0n) is 11.9. The van der Waals surface area contributed by atoms with Gasteiger partial charge in [0.2, 0.25) is 0 Å². The van der Waals surface area contributed by atoms with E-state index in [2.05, 4.69) is 15.2 Å². The molecule has 6 heteroatoms. The van der Waals surface area contributed by atoms with Gasteiger partial charge in [0.05, 0.1) is 0 Å². The van der Waals surface area contributed by atoms with Gasteiger partial charge in [-0.2, -0.15) is 13.9 Å². The molecule has 0 bridgehead atoms. The van der Waals surface area contributed by atoms with Crippen molar-refractivity contribution in [3.8, 4) is 5.75 Å². The number of halogens is 2. The summed E-state index contributed by atoms with van der Waals surface area (Å²) in [6, 6.07) is 8.74. The lowest BCUT2D eigenvalue weighted by molar-refractivity contribution is -0.0499. The molecule has 21 heavy (non-hydrogen) atoms. The van der Waals surface area contributed by atoms with E-state index in [0.29, 0.717) is 0 Å². The molecule has 0 amide bonds. The van der Waals surface area contributed by atoms with Crippen molar-refractivity contribution in [1.29, 1.82) is 0 Å². The van der Waals surface area contributed by atoms with Crippen LogP contribution >= 0.6 is 0 Å². The Balaban J connectivity index is 1.78. The van der Waals surface area contributed by atoms with E-state index in [1.54, 1.807) is 18.3 Å². The number of rotatable bonds is 8. The Morgan fingerprint density at radius 2 is 2.19 bits per heavy atom. The number of hydrogen-bond donors (Lipinski definition) is 1. The molecule has 0 aliphatic heterocycles. The highest BCUT2D eigenvalue weighted by Crippen LogP contribution is 2.20. The average molecular weight is 295 g/mol. The summed E-state index contributed by atoms with van der Waals surface area (Å²) in [5.74, 6) is 0.188. The zero-order chi connectivity index (χ0) is 15.1. The van der Waals surface area contributed by atoms with E-state index in [9.17, 15) is 8.78 Å². The average Bonchev–Trinajstić information content (AvgIpc) is 2.96. The minimum absolute atomic E-state index is 0.0730. The summed E-state index contributed by atoms with van der Waals surface area (Å²) in [7, 11) is 0. The second kappa shape index (κ2) is 7.73. The molecule has 1 N–H and O–H groups in total. The molecular formula is C15H19F2N3O. The zero-order valence-corrected chi connectivity index (χ0v) is 11.9. The van der Waals surface area contributed by atoms with Crippen molar-refractivity contribution in [3.63, 3.8) is 0 Å². The van der Waals surface area contributed by atoms with Crippen molar-refractivity contribution in [1.82, 2.24) is 15.1 Å². The molecule has 0 fully saturated rings. The number of ether oxygens (including phenoxy) is 1. The molecule has 2 aromatic rings. The Kier molecular flexibility index (Phi) is 5.68. The number of nitrogens with zero attached hydrogens (tertiary/aromatic N) is 2. The van der Waals surface area contributed by atoms with Crippen LogP contribution in [0.15, 0.2) is 42.7 Å². The van der Waals surface area contributed by atoms with Gasteiger partial charge in [-0.15, -0.1) is 0 Å². The van der Waals surface area contributed by atoms with Gasteiger partial charge in [0.25, 0.3) is 0 Å². The van der Waals surface area contributed by atoms with E-state index in [-0.39, 0.29) is 11.8 Å². The van der Waals surface area contributed by atoms with E-state index in [0.717, 1.165) is 25.1 Å². The first-order valence-electron chi connectivity index (χ1n) is 6.91. The van der Waals surface area contributed by atoms with Gasteiger partial charge in [-0.3, -0.25) is 4.68 Å². The number of benzene rings is 1. The third-order valence-corrected chi connectivity index (χ3v) is 3.16. The largest absolute Gasteiger partial charge is 0.435 e. The first kappa shape index (κ1) is 15.4. The van der Waals surface area contributed by atoms with E-state index in [1.165, 1.54) is 6.07 Å². The van der Waals surface area contributed by atoms with Crippen molar-refractivity contribution in [2.75, 3.05) is 6.54 Å². The summed E-state index contributed by atoms with van der Waals surface area (Å²) in [6.07, 6.45) is 4.62. The van der Waals surface area contributed by atoms with Crippen molar-refractivity contribution < 1.29 is 13.5 Å². The van der Waals surface area contributed by atoms with Crippen LogP contribution < -0.4 is 10.1 Å². The third kappa shape index (κ3) is 5.15. The Morgan fingerprint density at radius 3 is 2.90 bits per heavy atom. The molecule has 1 aromatic carbocycles. The molecule has 0 spiro atoms. The summed E-state index contributed by atoms with van der Waals surface area (Å²) in [6.45, 7) is 0.870. The molecule has 4 nitrogen and oxygen atoms in total. The lowest BCUT2D eigenvalue weighted by atomic mass is 10.1. The summed E-state index contributed by atoms with van der Waals surface area (Å²) >= 11 is 0. The fourth-order valence-electron chi connectivity index (χ4n) is 2.07. The van der Waals surface area contributed by atoms with Crippen LogP contribution in [0, 0.1) is 0 Å². The number of alkyl halides is 2. The van der Waals surface area contributed by atoms with E-state index in [4.69, 9.17) is 0 Å². The standard InChI is InChI=1S/C15H19F2N3O/c1-12(18-7-3-9-20-10-4-8-19-20)13-5-2-6-14(11-13)21-15(16)17/h2,4-6,8,10-12,15,18H,3,7,9H2,1H3. The highest BCUT2D eigenvalue weighted by atomic mass is 19.3. The summed E-state index contributed by atoms with van der Waals surface area (Å²) < 4.78 is 30.7. The predicted molar refractivity (Wildman–Crippen MR) is 76.3 cm³/mol. The molecule has 0 radical (unpaired) electrons. The highest BCUT2D eigenvalue weighted by Gasteiger charge is 2.08. The van der Waals surface area contributed by atoms with Crippen LogP contribution in [0.2, 0.25) is 0 Å². The van der Waals surface area contributed by atoms with Gasteiger partial charge in [0.15, 0.2) is 0 Å². The first-order valence-corrected chi connectivity index (χ1v) is 6.91. The molecule has 0 saturated carbocycles. The SMILES string of the molecule is CC(NCCCn1cccn1)c1cccc(OC(F)F)c1. The fraction of sp³-hybridized carbons (Fsp3) is 0.400. The van der Waals surface area contributed by atoms with Crippen LogP contribution in [0.1, 0.15) is 24.9 Å². The van der Waals surface area contributed by atoms with Crippen LogP contribution in [0.25, 0.3) is 0 Å². The molecule has 1 aromatic heterocycles. The van der Waals surface area contributed by atoms with Crippen LogP contribution in [-0.4, -0.2) is 22.9 Å². The van der Waals surface area contributed by atoms with Crippen LogP contribution in [-0.2, 0) is 6.54 Å². The molecule has 0 aliphatic rings. The molecule has 114 valence electrons. The molecule has 1 unspecified atom stereocenters. The minimum Gasteiger partial charge on any atom is -0.435 e. The molecule has 0 aliphatic carbocycles. The van der Waals surface area contributed by atoms with Gasteiger partial charge >= 0.3 is 6.61 Å². The number of nitrogens with one attached hydrogen (secondary N) is 1. The normalized spacial score (nSPS) is 12.6. The van der Waals surface area contributed by atoms with Crippen LogP contribution in [0.3, 0.4) is 0 Å². The summed E-state index contributed by atoms with van der Waals surface area (Å²) in [5.41, 5.74) is 0.923. The number of aryl methyl sites for hydroxylation is 1. The van der Waals surface area contributed by atoms with E-state index >= 15 is 0 Å². The highest BCUT2D eigenvalue weighted by molar-refractivity contribution is 5.30. The second-order valence-corrected chi connectivity index (χ2v) is 4.75. The fourth-order valence-corrected chi connectivity index (χ4v) is 2.07. The Morgan fingerprint density at radius 1 is 1.33 bits per heavy atom. The van der Waals surface area contributed by atoms with Gasteiger partial charge in [0, 0.05) is 25.0 Å².